The molecule has 1 saturated carbocycles. The van der Waals surface area contributed by atoms with Gasteiger partial charge in [0.15, 0.2) is 0 Å². The van der Waals surface area contributed by atoms with Gasteiger partial charge in [0, 0.05) is 38.6 Å². The van der Waals surface area contributed by atoms with Gasteiger partial charge >= 0.3 is 0 Å². The Labute approximate surface area is 194 Å². The summed E-state index contributed by atoms with van der Waals surface area (Å²) in [7, 11) is 0. The van der Waals surface area contributed by atoms with Gasteiger partial charge in [0.1, 0.15) is 17.3 Å². The van der Waals surface area contributed by atoms with Gasteiger partial charge in [0.2, 0.25) is 11.8 Å². The summed E-state index contributed by atoms with van der Waals surface area (Å²) in [6, 6.07) is 9.84. The van der Waals surface area contributed by atoms with Crippen LogP contribution in [0.3, 0.4) is 0 Å². The van der Waals surface area contributed by atoms with E-state index in [1.54, 1.807) is 21.9 Å². The monoisotopic (exact) mass is 457 g/mol. The molecule has 0 N–H and O–H groups in total. The highest BCUT2D eigenvalue weighted by Gasteiger charge is 2.35. The summed E-state index contributed by atoms with van der Waals surface area (Å²) >= 11 is 0. The van der Waals surface area contributed by atoms with Crippen LogP contribution < -0.4 is 0 Å². The molecule has 0 radical (unpaired) electrons. The SMILES string of the molecule is Cc1ccc(CN(Cc2ccc(F)cc2)C(=O)CN(CCN2CCOCC2)C(=O)C2CC2)o1. The van der Waals surface area contributed by atoms with Crippen molar-refractivity contribution in [3.63, 3.8) is 0 Å². The van der Waals surface area contributed by atoms with Crippen molar-refractivity contribution >= 4 is 11.8 Å². The number of nitrogens with zero attached hydrogens (tertiary/aromatic N) is 3. The number of rotatable bonds is 10. The van der Waals surface area contributed by atoms with Crippen LogP contribution in [0.4, 0.5) is 4.39 Å². The molecule has 1 saturated heterocycles. The van der Waals surface area contributed by atoms with E-state index >= 15 is 0 Å². The van der Waals surface area contributed by atoms with E-state index in [0.29, 0.717) is 38.6 Å². The molecule has 0 bridgehead atoms. The number of hydrogen-bond acceptors (Lipinski definition) is 5. The van der Waals surface area contributed by atoms with Crippen LogP contribution >= 0.6 is 0 Å². The maximum atomic E-state index is 13.4. The van der Waals surface area contributed by atoms with Crippen molar-refractivity contribution in [3.05, 3.63) is 59.3 Å². The molecule has 1 aliphatic heterocycles. The third-order valence-electron chi connectivity index (χ3n) is 6.14. The summed E-state index contributed by atoms with van der Waals surface area (Å²) in [5, 5.41) is 0. The minimum absolute atomic E-state index is 0.0283. The van der Waals surface area contributed by atoms with Crippen molar-refractivity contribution in [3.8, 4) is 0 Å². The first-order valence-corrected chi connectivity index (χ1v) is 11.6. The predicted molar refractivity (Wildman–Crippen MR) is 121 cm³/mol. The van der Waals surface area contributed by atoms with E-state index in [9.17, 15) is 14.0 Å². The van der Waals surface area contributed by atoms with Gasteiger partial charge < -0.3 is 19.0 Å². The van der Waals surface area contributed by atoms with E-state index in [4.69, 9.17) is 9.15 Å². The van der Waals surface area contributed by atoms with Gasteiger partial charge in [-0.2, -0.15) is 0 Å². The van der Waals surface area contributed by atoms with E-state index in [1.807, 2.05) is 19.1 Å². The Morgan fingerprint density at radius 3 is 2.39 bits per heavy atom. The van der Waals surface area contributed by atoms with Crippen molar-refractivity contribution in [2.75, 3.05) is 45.9 Å². The first-order valence-electron chi connectivity index (χ1n) is 11.6. The first-order chi connectivity index (χ1) is 16.0. The Balaban J connectivity index is 1.45. The van der Waals surface area contributed by atoms with Crippen molar-refractivity contribution in [2.24, 2.45) is 5.92 Å². The van der Waals surface area contributed by atoms with Crippen LogP contribution in [0.1, 0.15) is 29.9 Å². The molecule has 0 spiro atoms. The number of aryl methyl sites for hydroxylation is 1. The zero-order chi connectivity index (χ0) is 23.2. The fourth-order valence-corrected chi connectivity index (χ4v) is 4.01. The number of hydrogen-bond donors (Lipinski definition) is 0. The molecular formula is C25H32FN3O4. The predicted octanol–water partition coefficient (Wildman–Crippen LogP) is 2.83. The Hall–Kier alpha value is -2.71. The molecule has 2 aromatic rings. The van der Waals surface area contributed by atoms with E-state index < -0.39 is 0 Å². The minimum atomic E-state index is -0.317. The maximum Gasteiger partial charge on any atom is 0.242 e. The number of furan rings is 1. The molecule has 4 rings (SSSR count). The fraction of sp³-hybridized carbons (Fsp3) is 0.520. The van der Waals surface area contributed by atoms with E-state index in [-0.39, 0.29) is 30.1 Å². The smallest absolute Gasteiger partial charge is 0.242 e. The average molecular weight is 458 g/mol. The minimum Gasteiger partial charge on any atom is -0.464 e. The fourth-order valence-electron chi connectivity index (χ4n) is 4.01. The lowest BCUT2D eigenvalue weighted by atomic mass is 10.2. The van der Waals surface area contributed by atoms with Crippen LogP contribution in [-0.2, 0) is 27.4 Å². The molecule has 33 heavy (non-hydrogen) atoms. The van der Waals surface area contributed by atoms with Crippen molar-refractivity contribution in [1.82, 2.24) is 14.7 Å². The van der Waals surface area contributed by atoms with Crippen LogP contribution in [0.25, 0.3) is 0 Å². The Morgan fingerprint density at radius 1 is 1.03 bits per heavy atom. The van der Waals surface area contributed by atoms with E-state index in [0.717, 1.165) is 43.8 Å². The van der Waals surface area contributed by atoms with Crippen LogP contribution in [0.15, 0.2) is 40.8 Å². The van der Waals surface area contributed by atoms with Crippen molar-refractivity contribution in [2.45, 2.75) is 32.9 Å². The number of carbonyl (C=O) groups is 2. The summed E-state index contributed by atoms with van der Waals surface area (Å²) in [4.78, 5) is 32.0. The van der Waals surface area contributed by atoms with Gasteiger partial charge in [-0.3, -0.25) is 14.5 Å². The zero-order valence-corrected chi connectivity index (χ0v) is 19.2. The molecule has 2 amide bonds. The summed E-state index contributed by atoms with van der Waals surface area (Å²) in [6.45, 7) is 6.81. The van der Waals surface area contributed by atoms with E-state index in [1.165, 1.54) is 12.1 Å². The molecule has 0 atom stereocenters. The topological polar surface area (TPSA) is 66.2 Å². The molecule has 1 aliphatic carbocycles. The van der Waals surface area contributed by atoms with Gasteiger partial charge in [-0.15, -0.1) is 0 Å². The second-order valence-electron chi connectivity index (χ2n) is 8.88. The number of halogens is 1. The van der Waals surface area contributed by atoms with Gasteiger partial charge in [0.25, 0.3) is 0 Å². The van der Waals surface area contributed by atoms with Gasteiger partial charge in [-0.05, 0) is 49.6 Å². The number of amides is 2. The number of benzene rings is 1. The van der Waals surface area contributed by atoms with Crippen molar-refractivity contribution < 1.29 is 23.1 Å². The molecule has 1 aromatic heterocycles. The summed E-state index contributed by atoms with van der Waals surface area (Å²) in [5.41, 5.74) is 0.821. The molecule has 0 unspecified atom stereocenters. The number of carbonyl (C=O) groups excluding carboxylic acids is 2. The summed E-state index contributed by atoms with van der Waals surface area (Å²) in [5.74, 6) is 1.09. The largest absolute Gasteiger partial charge is 0.464 e. The standard InChI is InChI=1S/C25H32FN3O4/c1-19-2-9-23(33-19)17-29(16-20-3-7-22(26)8-4-20)24(30)18-28(25(31)21-5-6-21)11-10-27-12-14-32-15-13-27/h2-4,7-9,21H,5-6,10-18H2,1H3. The quantitative estimate of drug-likeness (QED) is 0.549. The molecule has 2 aliphatic rings. The van der Waals surface area contributed by atoms with Gasteiger partial charge in [0.05, 0.1) is 26.3 Å². The van der Waals surface area contributed by atoms with Crippen LogP contribution in [-0.4, -0.2) is 72.5 Å². The molecule has 178 valence electrons. The molecule has 8 heteroatoms. The number of ether oxygens (including phenoxy) is 1. The summed E-state index contributed by atoms with van der Waals surface area (Å²) in [6.07, 6.45) is 1.79. The highest BCUT2D eigenvalue weighted by molar-refractivity contribution is 5.87. The van der Waals surface area contributed by atoms with Crippen LogP contribution in [0.5, 0.6) is 0 Å². The van der Waals surface area contributed by atoms with Crippen LogP contribution in [0.2, 0.25) is 0 Å². The normalized spacial score (nSPS) is 16.5. The first kappa shape index (κ1) is 23.4. The highest BCUT2D eigenvalue weighted by Crippen LogP contribution is 2.31. The second-order valence-corrected chi connectivity index (χ2v) is 8.88. The molecule has 2 heterocycles. The maximum absolute atomic E-state index is 13.4. The zero-order valence-electron chi connectivity index (χ0n) is 19.2. The lowest BCUT2D eigenvalue weighted by Gasteiger charge is -2.31. The lowest BCUT2D eigenvalue weighted by Crippen LogP contribution is -2.47. The van der Waals surface area contributed by atoms with E-state index in [2.05, 4.69) is 4.90 Å². The van der Waals surface area contributed by atoms with Crippen LogP contribution in [0, 0.1) is 18.7 Å². The number of morpholine rings is 1. The third kappa shape index (κ3) is 6.88. The van der Waals surface area contributed by atoms with Crippen molar-refractivity contribution in [1.29, 1.82) is 0 Å². The highest BCUT2D eigenvalue weighted by atomic mass is 19.1. The molecule has 7 nitrogen and oxygen atoms in total. The molecular weight excluding hydrogens is 425 g/mol. The Bertz CT molecular complexity index is 935. The molecule has 2 fully saturated rings. The van der Waals surface area contributed by atoms with Gasteiger partial charge in [-0.25, -0.2) is 4.39 Å². The lowest BCUT2D eigenvalue weighted by molar-refractivity contribution is -0.142. The Kier molecular flexibility index (Phi) is 7.77. The second kappa shape index (κ2) is 10.9. The Morgan fingerprint density at radius 2 is 1.76 bits per heavy atom. The summed E-state index contributed by atoms with van der Waals surface area (Å²) < 4.78 is 24.5. The average Bonchev–Trinajstić information content (AvgIpc) is 3.59. The molecule has 1 aromatic carbocycles. The third-order valence-corrected chi connectivity index (χ3v) is 6.14. The van der Waals surface area contributed by atoms with Gasteiger partial charge in [-0.1, -0.05) is 12.1 Å².